The molecule has 0 spiro atoms. The zero-order valence-electron chi connectivity index (χ0n) is 10.0. The fourth-order valence-electron chi connectivity index (χ4n) is 1.76. The summed E-state index contributed by atoms with van der Waals surface area (Å²) in [5.41, 5.74) is 0.859. The summed E-state index contributed by atoms with van der Waals surface area (Å²) in [5, 5.41) is 14.0. The summed E-state index contributed by atoms with van der Waals surface area (Å²) in [6.45, 7) is 0. The third kappa shape index (κ3) is 2.35. The Labute approximate surface area is 118 Å². The Morgan fingerprint density at radius 3 is 2.75 bits per heavy atom. The first-order chi connectivity index (χ1) is 9.63. The van der Waals surface area contributed by atoms with E-state index in [1.165, 1.54) is 18.2 Å². The van der Waals surface area contributed by atoms with Crippen LogP contribution in [0.25, 0.3) is 22.8 Å². The first-order valence-electron chi connectivity index (χ1n) is 5.72. The van der Waals surface area contributed by atoms with Crippen molar-refractivity contribution < 1.29 is 14.0 Å². The van der Waals surface area contributed by atoms with Crippen LogP contribution in [-0.4, -0.2) is 15.2 Å². The highest BCUT2D eigenvalue weighted by atomic mass is 35.5. The zero-order valence-corrected chi connectivity index (χ0v) is 10.8. The van der Waals surface area contributed by atoms with E-state index in [2.05, 4.69) is 10.1 Å². The van der Waals surface area contributed by atoms with Crippen LogP contribution in [-0.2, 0) is 0 Å². The predicted octanol–water partition coefficient (Wildman–Crippen LogP) is 3.90. The van der Waals surface area contributed by atoms with Crippen LogP contribution in [0.5, 0.6) is 5.75 Å². The van der Waals surface area contributed by atoms with Crippen molar-refractivity contribution in [1.29, 1.82) is 0 Å². The van der Waals surface area contributed by atoms with Crippen molar-refractivity contribution in [3.8, 4) is 28.6 Å². The maximum atomic E-state index is 13.2. The molecule has 0 unspecified atom stereocenters. The molecule has 0 atom stereocenters. The summed E-state index contributed by atoms with van der Waals surface area (Å²) in [6, 6.07) is 10.4. The molecule has 3 aromatic rings. The van der Waals surface area contributed by atoms with Crippen molar-refractivity contribution in [3.63, 3.8) is 0 Å². The van der Waals surface area contributed by atoms with Gasteiger partial charge in [0.25, 0.3) is 5.89 Å². The SMILES string of the molecule is Oc1cc(Cl)ccc1-c1nc(-c2cccc(F)c2)no1. The lowest BCUT2D eigenvalue weighted by Gasteiger charge is -1.98. The largest absolute Gasteiger partial charge is 0.507 e. The standard InChI is InChI=1S/C14H8ClFN2O2/c15-9-4-5-11(12(19)7-9)14-17-13(18-20-14)8-2-1-3-10(16)6-8/h1-7,19H. The fraction of sp³-hybridized carbons (Fsp3) is 0. The minimum Gasteiger partial charge on any atom is -0.507 e. The molecule has 3 rings (SSSR count). The molecule has 20 heavy (non-hydrogen) atoms. The minimum atomic E-state index is -0.386. The van der Waals surface area contributed by atoms with Gasteiger partial charge in [0.2, 0.25) is 5.82 Å². The summed E-state index contributed by atoms with van der Waals surface area (Å²) in [7, 11) is 0. The number of phenols is 1. The number of aromatic hydroxyl groups is 1. The number of phenolic OH excluding ortho intramolecular Hbond substituents is 1. The lowest BCUT2D eigenvalue weighted by atomic mass is 10.2. The monoisotopic (exact) mass is 290 g/mol. The van der Waals surface area contributed by atoms with Crippen molar-refractivity contribution in [2.45, 2.75) is 0 Å². The lowest BCUT2D eigenvalue weighted by molar-refractivity contribution is 0.425. The van der Waals surface area contributed by atoms with Gasteiger partial charge in [-0.15, -0.1) is 0 Å². The average Bonchev–Trinajstić information content (AvgIpc) is 2.88. The Hall–Kier alpha value is -2.40. The van der Waals surface area contributed by atoms with Crippen molar-refractivity contribution in [2.24, 2.45) is 0 Å². The van der Waals surface area contributed by atoms with Crippen molar-refractivity contribution >= 4 is 11.6 Å². The maximum absolute atomic E-state index is 13.2. The number of halogens is 2. The normalized spacial score (nSPS) is 10.7. The first-order valence-corrected chi connectivity index (χ1v) is 6.10. The number of benzene rings is 2. The fourth-order valence-corrected chi connectivity index (χ4v) is 1.93. The molecule has 0 bridgehead atoms. The van der Waals surface area contributed by atoms with Crippen molar-refractivity contribution in [2.75, 3.05) is 0 Å². The van der Waals surface area contributed by atoms with Crippen LogP contribution >= 0.6 is 11.6 Å². The highest BCUT2D eigenvalue weighted by Gasteiger charge is 2.14. The van der Waals surface area contributed by atoms with Crippen LogP contribution in [0.4, 0.5) is 4.39 Å². The topological polar surface area (TPSA) is 59.2 Å². The van der Waals surface area contributed by atoms with E-state index in [9.17, 15) is 9.50 Å². The second-order valence-electron chi connectivity index (χ2n) is 4.09. The zero-order chi connectivity index (χ0) is 14.1. The Morgan fingerprint density at radius 1 is 1.15 bits per heavy atom. The van der Waals surface area contributed by atoms with Crippen LogP contribution in [0.15, 0.2) is 47.0 Å². The number of nitrogens with zero attached hydrogens (tertiary/aromatic N) is 2. The lowest BCUT2D eigenvalue weighted by Crippen LogP contribution is -1.83. The quantitative estimate of drug-likeness (QED) is 0.777. The van der Waals surface area contributed by atoms with E-state index in [-0.39, 0.29) is 23.3 Å². The number of hydrogen-bond donors (Lipinski definition) is 1. The van der Waals surface area contributed by atoms with Crippen LogP contribution in [0.3, 0.4) is 0 Å². The molecular weight excluding hydrogens is 283 g/mol. The summed E-state index contributed by atoms with van der Waals surface area (Å²) >= 11 is 5.75. The molecule has 0 aliphatic heterocycles. The smallest absolute Gasteiger partial charge is 0.261 e. The highest BCUT2D eigenvalue weighted by Crippen LogP contribution is 2.31. The van der Waals surface area contributed by atoms with Gasteiger partial charge in [0, 0.05) is 10.6 Å². The van der Waals surface area contributed by atoms with Crippen LogP contribution in [0, 0.1) is 5.82 Å². The van der Waals surface area contributed by atoms with E-state index in [1.807, 2.05) is 0 Å². The van der Waals surface area contributed by atoms with Crippen LogP contribution in [0.2, 0.25) is 5.02 Å². The third-order valence-electron chi connectivity index (χ3n) is 2.70. The van der Waals surface area contributed by atoms with Crippen LogP contribution in [0.1, 0.15) is 0 Å². The molecule has 2 aromatic carbocycles. The summed E-state index contributed by atoms with van der Waals surface area (Å²) in [5.74, 6) is -0.0672. The second kappa shape index (κ2) is 4.94. The van der Waals surface area contributed by atoms with E-state index in [0.29, 0.717) is 16.1 Å². The maximum Gasteiger partial charge on any atom is 0.261 e. The predicted molar refractivity (Wildman–Crippen MR) is 71.8 cm³/mol. The average molecular weight is 291 g/mol. The van der Waals surface area contributed by atoms with Gasteiger partial charge in [-0.2, -0.15) is 4.98 Å². The van der Waals surface area contributed by atoms with Gasteiger partial charge < -0.3 is 9.63 Å². The van der Waals surface area contributed by atoms with Gasteiger partial charge in [-0.25, -0.2) is 4.39 Å². The number of rotatable bonds is 2. The van der Waals surface area contributed by atoms with Crippen LogP contribution < -0.4 is 0 Å². The van der Waals surface area contributed by atoms with Gasteiger partial charge in [0.1, 0.15) is 11.6 Å². The molecule has 4 nitrogen and oxygen atoms in total. The van der Waals surface area contributed by atoms with Crippen molar-refractivity contribution in [3.05, 3.63) is 53.3 Å². The van der Waals surface area contributed by atoms with Crippen molar-refractivity contribution in [1.82, 2.24) is 10.1 Å². The molecule has 0 amide bonds. The van der Waals surface area contributed by atoms with Gasteiger partial charge in [-0.05, 0) is 30.3 Å². The first kappa shape index (κ1) is 12.6. The summed E-state index contributed by atoms with van der Waals surface area (Å²) in [6.07, 6.45) is 0. The Bertz CT molecular complexity index is 773. The van der Waals surface area contributed by atoms with Gasteiger partial charge in [-0.1, -0.05) is 28.9 Å². The molecule has 100 valence electrons. The Morgan fingerprint density at radius 2 is 2.00 bits per heavy atom. The van der Waals surface area contributed by atoms with Gasteiger partial charge in [0.05, 0.1) is 5.56 Å². The molecule has 0 radical (unpaired) electrons. The number of aromatic nitrogens is 2. The molecule has 0 saturated carbocycles. The number of hydrogen-bond acceptors (Lipinski definition) is 4. The molecule has 0 aliphatic carbocycles. The third-order valence-corrected chi connectivity index (χ3v) is 2.93. The minimum absolute atomic E-state index is 0.0630. The molecule has 0 saturated heterocycles. The summed E-state index contributed by atoms with van der Waals surface area (Å²) in [4.78, 5) is 4.13. The highest BCUT2D eigenvalue weighted by molar-refractivity contribution is 6.30. The molecule has 0 aliphatic rings. The molecule has 1 aromatic heterocycles. The Kier molecular flexibility index (Phi) is 3.12. The van der Waals surface area contributed by atoms with Gasteiger partial charge in [0.15, 0.2) is 0 Å². The van der Waals surface area contributed by atoms with E-state index in [4.69, 9.17) is 16.1 Å². The van der Waals surface area contributed by atoms with E-state index in [0.717, 1.165) is 0 Å². The van der Waals surface area contributed by atoms with E-state index in [1.54, 1.807) is 24.3 Å². The summed E-state index contributed by atoms with van der Waals surface area (Å²) < 4.78 is 18.2. The van der Waals surface area contributed by atoms with E-state index >= 15 is 0 Å². The van der Waals surface area contributed by atoms with E-state index < -0.39 is 0 Å². The molecule has 1 heterocycles. The second-order valence-corrected chi connectivity index (χ2v) is 4.53. The molecule has 1 N–H and O–H groups in total. The molecular formula is C14H8ClFN2O2. The molecule has 0 fully saturated rings. The molecule has 6 heteroatoms. The van der Waals surface area contributed by atoms with Gasteiger partial charge in [-0.3, -0.25) is 0 Å². The van der Waals surface area contributed by atoms with Gasteiger partial charge >= 0.3 is 0 Å². The Balaban J connectivity index is 2.02.